The number of hydrogen-bond acceptors (Lipinski definition) is 0. The molecule has 0 aliphatic heterocycles. The molecule has 1 aromatic rings. The van der Waals surface area contributed by atoms with Crippen LogP contribution >= 0.6 is 0 Å². The van der Waals surface area contributed by atoms with Crippen LogP contribution < -0.4 is 0 Å². The maximum atomic E-state index is 12.8. The second kappa shape index (κ2) is 5.11. The summed E-state index contributed by atoms with van der Waals surface area (Å²) in [5.41, 5.74) is 1.40. The van der Waals surface area contributed by atoms with Gasteiger partial charge >= 0.3 is 6.18 Å². The van der Waals surface area contributed by atoms with Crippen molar-refractivity contribution in [3.63, 3.8) is 0 Å². The molecule has 0 aliphatic carbocycles. The first-order chi connectivity index (χ1) is 7.71. The molecule has 0 radical (unpaired) electrons. The molecule has 0 fully saturated rings. The van der Waals surface area contributed by atoms with Gasteiger partial charge in [-0.25, -0.2) is 0 Å². The number of hydrogen-bond donors (Lipinski definition) is 0. The minimum Gasteiger partial charge on any atom is -0.166 e. The fourth-order valence-electron chi connectivity index (χ4n) is 1.93. The van der Waals surface area contributed by atoms with Crippen LogP contribution in [-0.4, -0.2) is 0 Å². The molecule has 0 nitrogen and oxygen atoms in total. The third-order valence-corrected chi connectivity index (χ3v) is 2.96. The Bertz CT molecular complexity index is 389. The van der Waals surface area contributed by atoms with E-state index in [0.29, 0.717) is 23.5 Å². The first-order valence-electron chi connectivity index (χ1n) is 5.89. The van der Waals surface area contributed by atoms with E-state index in [1.165, 1.54) is 6.07 Å². The molecular formula is C14H19F3. The van der Waals surface area contributed by atoms with E-state index in [9.17, 15) is 13.2 Å². The number of rotatable bonds is 3. The maximum absolute atomic E-state index is 12.8. The summed E-state index contributed by atoms with van der Waals surface area (Å²) in [7, 11) is 0. The molecule has 1 rings (SSSR count). The normalized spacial score (nSPS) is 12.2. The molecule has 0 N–H and O–H groups in total. The molecule has 3 heteroatoms. The minimum atomic E-state index is -4.25. The highest BCUT2D eigenvalue weighted by Gasteiger charge is 2.33. The molecule has 17 heavy (non-hydrogen) atoms. The number of benzene rings is 1. The highest BCUT2D eigenvalue weighted by molar-refractivity contribution is 5.39. The standard InChI is InChI=1S/C14H19F3/c1-9(2)5-6-12-7-10(3)8-13(11(12)4)14(15,16)17/h7-9H,5-6H2,1-4H3. The molecule has 0 unspecified atom stereocenters. The van der Waals surface area contributed by atoms with Crippen LogP contribution in [0.25, 0.3) is 0 Å². The highest BCUT2D eigenvalue weighted by Crippen LogP contribution is 2.34. The van der Waals surface area contributed by atoms with Crippen LogP contribution in [0.15, 0.2) is 12.1 Å². The van der Waals surface area contributed by atoms with Gasteiger partial charge in [0.15, 0.2) is 0 Å². The van der Waals surface area contributed by atoms with Gasteiger partial charge in [0.05, 0.1) is 5.56 Å². The van der Waals surface area contributed by atoms with E-state index in [4.69, 9.17) is 0 Å². The first-order valence-corrected chi connectivity index (χ1v) is 5.89. The Hall–Kier alpha value is -0.990. The van der Waals surface area contributed by atoms with Crippen molar-refractivity contribution < 1.29 is 13.2 Å². The van der Waals surface area contributed by atoms with E-state index in [2.05, 4.69) is 13.8 Å². The summed E-state index contributed by atoms with van der Waals surface area (Å²) in [4.78, 5) is 0. The van der Waals surface area contributed by atoms with Gasteiger partial charge in [-0.05, 0) is 49.8 Å². The lowest BCUT2D eigenvalue weighted by Gasteiger charge is -2.16. The summed E-state index contributed by atoms with van der Waals surface area (Å²) in [5.74, 6) is 0.504. The lowest BCUT2D eigenvalue weighted by atomic mass is 9.93. The van der Waals surface area contributed by atoms with Crippen molar-refractivity contribution in [3.05, 3.63) is 34.4 Å². The number of aryl methyl sites for hydroxylation is 2. The predicted molar refractivity (Wildman–Crippen MR) is 64.1 cm³/mol. The lowest BCUT2D eigenvalue weighted by molar-refractivity contribution is -0.138. The van der Waals surface area contributed by atoms with Crippen LogP contribution in [-0.2, 0) is 12.6 Å². The Morgan fingerprint density at radius 1 is 1.12 bits per heavy atom. The van der Waals surface area contributed by atoms with Crippen molar-refractivity contribution in [2.45, 2.75) is 46.7 Å². The zero-order chi connectivity index (χ0) is 13.2. The van der Waals surface area contributed by atoms with Crippen molar-refractivity contribution in [1.29, 1.82) is 0 Å². The number of halogens is 3. The van der Waals surface area contributed by atoms with Gasteiger partial charge in [0.1, 0.15) is 0 Å². The topological polar surface area (TPSA) is 0 Å². The monoisotopic (exact) mass is 244 g/mol. The number of alkyl halides is 3. The third-order valence-electron chi connectivity index (χ3n) is 2.96. The van der Waals surface area contributed by atoms with Crippen LogP contribution in [0.5, 0.6) is 0 Å². The maximum Gasteiger partial charge on any atom is 0.416 e. The molecule has 0 aliphatic rings. The van der Waals surface area contributed by atoms with Gasteiger partial charge < -0.3 is 0 Å². The molecule has 0 aromatic heterocycles. The minimum absolute atomic E-state index is 0.378. The largest absolute Gasteiger partial charge is 0.416 e. The van der Waals surface area contributed by atoms with Crippen LogP contribution in [0.2, 0.25) is 0 Å². The van der Waals surface area contributed by atoms with Crippen LogP contribution in [0, 0.1) is 19.8 Å². The van der Waals surface area contributed by atoms with Gasteiger partial charge in [-0.3, -0.25) is 0 Å². The van der Waals surface area contributed by atoms with Crippen molar-refractivity contribution >= 4 is 0 Å². The van der Waals surface area contributed by atoms with Gasteiger partial charge in [0.25, 0.3) is 0 Å². The van der Waals surface area contributed by atoms with E-state index in [0.717, 1.165) is 12.0 Å². The summed E-state index contributed by atoms with van der Waals surface area (Å²) >= 11 is 0. The Balaban J connectivity index is 3.11. The molecule has 0 saturated carbocycles. The molecule has 0 amide bonds. The Kier molecular flexibility index (Phi) is 4.23. The van der Waals surface area contributed by atoms with Gasteiger partial charge in [-0.15, -0.1) is 0 Å². The summed E-state index contributed by atoms with van der Waals surface area (Å²) in [6.45, 7) is 7.44. The fraction of sp³-hybridized carbons (Fsp3) is 0.571. The van der Waals surface area contributed by atoms with Crippen molar-refractivity contribution in [3.8, 4) is 0 Å². The van der Waals surface area contributed by atoms with Crippen LogP contribution in [0.3, 0.4) is 0 Å². The van der Waals surface area contributed by atoms with E-state index < -0.39 is 11.7 Å². The summed E-state index contributed by atoms with van der Waals surface area (Å²) in [6.07, 6.45) is -2.61. The van der Waals surface area contributed by atoms with Crippen molar-refractivity contribution in [2.75, 3.05) is 0 Å². The molecular weight excluding hydrogens is 225 g/mol. The second-order valence-electron chi connectivity index (χ2n) is 5.03. The SMILES string of the molecule is Cc1cc(CCC(C)C)c(C)c(C(F)(F)F)c1. The van der Waals surface area contributed by atoms with Crippen LogP contribution in [0.4, 0.5) is 13.2 Å². The molecule has 0 spiro atoms. The zero-order valence-electron chi connectivity index (χ0n) is 10.8. The molecule has 0 bridgehead atoms. The summed E-state index contributed by atoms with van der Waals surface area (Å²) < 4.78 is 38.4. The summed E-state index contributed by atoms with van der Waals surface area (Å²) in [6, 6.07) is 3.10. The third kappa shape index (κ3) is 3.76. The first kappa shape index (κ1) is 14.1. The Labute approximate surface area is 101 Å². The molecule has 1 aromatic carbocycles. The van der Waals surface area contributed by atoms with E-state index in [-0.39, 0.29) is 0 Å². The molecule has 96 valence electrons. The molecule has 0 heterocycles. The average Bonchev–Trinajstić information content (AvgIpc) is 2.17. The Morgan fingerprint density at radius 3 is 2.18 bits per heavy atom. The second-order valence-corrected chi connectivity index (χ2v) is 5.03. The zero-order valence-corrected chi connectivity index (χ0v) is 10.8. The van der Waals surface area contributed by atoms with Crippen molar-refractivity contribution in [2.24, 2.45) is 5.92 Å². The smallest absolute Gasteiger partial charge is 0.166 e. The van der Waals surface area contributed by atoms with Gasteiger partial charge in [0, 0.05) is 0 Å². The Morgan fingerprint density at radius 2 is 1.71 bits per heavy atom. The van der Waals surface area contributed by atoms with Crippen LogP contribution in [0.1, 0.15) is 42.5 Å². The van der Waals surface area contributed by atoms with E-state index in [1.807, 2.05) is 6.07 Å². The lowest BCUT2D eigenvalue weighted by Crippen LogP contribution is -2.10. The average molecular weight is 244 g/mol. The van der Waals surface area contributed by atoms with Crippen molar-refractivity contribution in [1.82, 2.24) is 0 Å². The van der Waals surface area contributed by atoms with E-state index >= 15 is 0 Å². The molecule has 0 atom stereocenters. The van der Waals surface area contributed by atoms with Gasteiger partial charge in [-0.2, -0.15) is 13.2 Å². The van der Waals surface area contributed by atoms with E-state index in [1.54, 1.807) is 13.8 Å². The fourth-order valence-corrected chi connectivity index (χ4v) is 1.93. The molecule has 0 saturated heterocycles. The van der Waals surface area contributed by atoms with Gasteiger partial charge in [0.2, 0.25) is 0 Å². The summed E-state index contributed by atoms with van der Waals surface area (Å²) in [5, 5.41) is 0. The predicted octanol–water partition coefficient (Wildman–Crippen LogP) is 4.91. The quantitative estimate of drug-likeness (QED) is 0.708. The van der Waals surface area contributed by atoms with Gasteiger partial charge in [-0.1, -0.05) is 25.5 Å². The highest BCUT2D eigenvalue weighted by atomic mass is 19.4.